The number of hydrogen-bond acceptors (Lipinski definition) is 2. The number of nitrogens with one attached hydrogen (secondary N) is 2. The summed E-state index contributed by atoms with van der Waals surface area (Å²) in [4.78, 5) is 11.6. The van der Waals surface area contributed by atoms with Gasteiger partial charge in [0.05, 0.1) is 24.1 Å². The van der Waals surface area contributed by atoms with Crippen LogP contribution in [-0.2, 0) is 12.7 Å². The molecule has 0 aliphatic heterocycles. The third kappa shape index (κ3) is 3.53. The van der Waals surface area contributed by atoms with E-state index in [1.165, 1.54) is 24.5 Å². The van der Waals surface area contributed by atoms with Gasteiger partial charge in [-0.2, -0.15) is 13.2 Å². The van der Waals surface area contributed by atoms with E-state index in [0.29, 0.717) is 5.76 Å². The summed E-state index contributed by atoms with van der Waals surface area (Å²) in [6.07, 6.45) is -3.08. The smallest absolute Gasteiger partial charge is 0.418 e. The average Bonchev–Trinajstić information content (AvgIpc) is 2.89. The van der Waals surface area contributed by atoms with Crippen LogP contribution in [0.3, 0.4) is 0 Å². The molecule has 1 aromatic heterocycles. The Bertz CT molecular complexity index is 580. The molecule has 106 valence electrons. The van der Waals surface area contributed by atoms with Gasteiger partial charge in [-0.15, -0.1) is 0 Å². The minimum absolute atomic E-state index is 0.0903. The van der Waals surface area contributed by atoms with Crippen LogP contribution < -0.4 is 10.6 Å². The minimum atomic E-state index is -4.52. The van der Waals surface area contributed by atoms with Crippen LogP contribution in [-0.4, -0.2) is 6.03 Å². The Labute approximate surface area is 112 Å². The van der Waals surface area contributed by atoms with Gasteiger partial charge < -0.3 is 15.1 Å². The normalized spacial score (nSPS) is 11.2. The van der Waals surface area contributed by atoms with Crippen LogP contribution in [0.5, 0.6) is 0 Å². The molecule has 0 spiro atoms. The van der Waals surface area contributed by atoms with Crippen LogP contribution in [0.25, 0.3) is 0 Å². The lowest BCUT2D eigenvalue weighted by molar-refractivity contribution is -0.136. The third-order valence-electron chi connectivity index (χ3n) is 2.48. The van der Waals surface area contributed by atoms with Crippen LogP contribution in [0.2, 0.25) is 0 Å². The fourth-order valence-corrected chi connectivity index (χ4v) is 1.59. The first kappa shape index (κ1) is 14.0. The molecule has 2 amide bonds. The van der Waals surface area contributed by atoms with E-state index in [9.17, 15) is 18.0 Å². The van der Waals surface area contributed by atoms with E-state index < -0.39 is 17.8 Å². The quantitative estimate of drug-likeness (QED) is 0.904. The van der Waals surface area contributed by atoms with Crippen molar-refractivity contribution in [1.29, 1.82) is 0 Å². The highest BCUT2D eigenvalue weighted by Crippen LogP contribution is 2.34. The summed E-state index contributed by atoms with van der Waals surface area (Å²) >= 11 is 0. The lowest BCUT2D eigenvalue weighted by Gasteiger charge is -2.13. The summed E-state index contributed by atoms with van der Waals surface area (Å²) < 4.78 is 43.2. The van der Waals surface area contributed by atoms with Gasteiger partial charge in [0.15, 0.2) is 0 Å². The van der Waals surface area contributed by atoms with Crippen LogP contribution in [0.4, 0.5) is 23.7 Å². The molecule has 0 bridgehead atoms. The van der Waals surface area contributed by atoms with Gasteiger partial charge in [0.25, 0.3) is 0 Å². The predicted octanol–water partition coefficient (Wildman–Crippen LogP) is 3.62. The number of carbonyl (C=O) groups excluding carboxylic acids is 1. The van der Waals surface area contributed by atoms with Gasteiger partial charge in [0.2, 0.25) is 0 Å². The number of amides is 2. The van der Waals surface area contributed by atoms with Crippen molar-refractivity contribution >= 4 is 11.7 Å². The first-order valence-electron chi connectivity index (χ1n) is 5.70. The SMILES string of the molecule is O=C(NCc1ccco1)Nc1ccccc1C(F)(F)F. The Balaban J connectivity index is 2.01. The van der Waals surface area contributed by atoms with Crippen LogP contribution in [0.15, 0.2) is 47.1 Å². The van der Waals surface area contributed by atoms with Crippen molar-refractivity contribution in [2.24, 2.45) is 0 Å². The molecule has 0 atom stereocenters. The first-order valence-corrected chi connectivity index (χ1v) is 5.70. The zero-order valence-electron chi connectivity index (χ0n) is 10.2. The summed E-state index contributed by atoms with van der Waals surface area (Å²) in [7, 11) is 0. The molecule has 2 rings (SSSR count). The summed E-state index contributed by atoms with van der Waals surface area (Å²) in [6, 6.07) is 7.32. The van der Waals surface area contributed by atoms with Gasteiger partial charge in [-0.3, -0.25) is 0 Å². The molecule has 1 aromatic carbocycles. The highest BCUT2D eigenvalue weighted by atomic mass is 19.4. The van der Waals surface area contributed by atoms with Gasteiger partial charge in [-0.05, 0) is 24.3 Å². The number of rotatable bonds is 3. The van der Waals surface area contributed by atoms with Gasteiger partial charge >= 0.3 is 12.2 Å². The first-order chi connectivity index (χ1) is 9.47. The molecule has 20 heavy (non-hydrogen) atoms. The van der Waals surface area contributed by atoms with Crippen molar-refractivity contribution in [2.45, 2.75) is 12.7 Å². The Hall–Kier alpha value is -2.44. The van der Waals surface area contributed by atoms with E-state index in [1.54, 1.807) is 12.1 Å². The van der Waals surface area contributed by atoms with Gasteiger partial charge in [0, 0.05) is 0 Å². The minimum Gasteiger partial charge on any atom is -0.467 e. The van der Waals surface area contributed by atoms with Gasteiger partial charge in [-0.1, -0.05) is 12.1 Å². The summed E-state index contributed by atoms with van der Waals surface area (Å²) in [5.74, 6) is 0.504. The summed E-state index contributed by atoms with van der Waals surface area (Å²) in [5.41, 5.74) is -1.19. The van der Waals surface area contributed by atoms with E-state index in [-0.39, 0.29) is 12.2 Å². The van der Waals surface area contributed by atoms with E-state index >= 15 is 0 Å². The number of halogens is 3. The fourth-order valence-electron chi connectivity index (χ4n) is 1.59. The molecule has 0 aliphatic rings. The molecule has 2 N–H and O–H groups in total. The highest BCUT2D eigenvalue weighted by molar-refractivity contribution is 5.90. The molecule has 4 nitrogen and oxygen atoms in total. The molecule has 1 heterocycles. The second kappa shape index (κ2) is 5.68. The largest absolute Gasteiger partial charge is 0.467 e. The second-order valence-corrected chi connectivity index (χ2v) is 3.93. The van der Waals surface area contributed by atoms with Crippen LogP contribution in [0, 0.1) is 0 Å². The molecule has 7 heteroatoms. The zero-order chi connectivity index (χ0) is 14.6. The monoisotopic (exact) mass is 284 g/mol. The van der Waals surface area contributed by atoms with Crippen molar-refractivity contribution in [1.82, 2.24) is 5.32 Å². The Morgan fingerprint density at radius 2 is 1.90 bits per heavy atom. The molecule has 0 aliphatic carbocycles. The number of benzene rings is 1. The Morgan fingerprint density at radius 3 is 2.55 bits per heavy atom. The number of alkyl halides is 3. The van der Waals surface area contributed by atoms with E-state index in [4.69, 9.17) is 4.42 Å². The van der Waals surface area contributed by atoms with Crippen molar-refractivity contribution < 1.29 is 22.4 Å². The topological polar surface area (TPSA) is 54.3 Å². The number of hydrogen-bond donors (Lipinski definition) is 2. The number of furan rings is 1. The maximum absolute atomic E-state index is 12.7. The summed E-state index contributed by atoms with van der Waals surface area (Å²) in [6.45, 7) is 0.0903. The fraction of sp³-hybridized carbons (Fsp3) is 0.154. The second-order valence-electron chi connectivity index (χ2n) is 3.93. The van der Waals surface area contributed by atoms with Gasteiger partial charge in [-0.25, -0.2) is 4.79 Å². The van der Waals surface area contributed by atoms with Crippen molar-refractivity contribution in [3.05, 3.63) is 54.0 Å². The Kier molecular flexibility index (Phi) is 3.97. The lowest BCUT2D eigenvalue weighted by atomic mass is 10.1. The molecular formula is C13H11F3N2O2. The zero-order valence-corrected chi connectivity index (χ0v) is 10.2. The molecule has 0 unspecified atom stereocenters. The molecule has 0 radical (unpaired) electrons. The molecular weight excluding hydrogens is 273 g/mol. The number of urea groups is 1. The molecule has 2 aromatic rings. The van der Waals surface area contributed by atoms with E-state index in [1.807, 2.05) is 0 Å². The van der Waals surface area contributed by atoms with Crippen LogP contribution in [0.1, 0.15) is 11.3 Å². The number of anilines is 1. The molecule has 0 saturated carbocycles. The van der Waals surface area contributed by atoms with E-state index in [2.05, 4.69) is 10.6 Å². The molecule has 0 fully saturated rings. The third-order valence-corrected chi connectivity index (χ3v) is 2.48. The standard InChI is InChI=1S/C13H11F3N2O2/c14-13(15,16)10-5-1-2-6-11(10)18-12(19)17-8-9-4-3-7-20-9/h1-7H,8H2,(H2,17,18,19). The lowest BCUT2D eigenvalue weighted by Crippen LogP contribution is -2.29. The maximum atomic E-state index is 12.7. The predicted molar refractivity (Wildman–Crippen MR) is 66.0 cm³/mol. The number of para-hydroxylation sites is 1. The highest BCUT2D eigenvalue weighted by Gasteiger charge is 2.33. The molecule has 0 saturated heterocycles. The average molecular weight is 284 g/mol. The van der Waals surface area contributed by atoms with Crippen molar-refractivity contribution in [2.75, 3.05) is 5.32 Å². The Morgan fingerprint density at radius 1 is 1.15 bits per heavy atom. The number of carbonyl (C=O) groups is 1. The van der Waals surface area contributed by atoms with Gasteiger partial charge in [0.1, 0.15) is 5.76 Å². The maximum Gasteiger partial charge on any atom is 0.418 e. The summed E-state index contributed by atoms with van der Waals surface area (Å²) in [5, 5.41) is 4.57. The van der Waals surface area contributed by atoms with Crippen molar-refractivity contribution in [3.8, 4) is 0 Å². The van der Waals surface area contributed by atoms with E-state index in [0.717, 1.165) is 6.07 Å². The van der Waals surface area contributed by atoms with Crippen LogP contribution >= 0.6 is 0 Å². The van der Waals surface area contributed by atoms with Crippen molar-refractivity contribution in [3.63, 3.8) is 0 Å².